The summed E-state index contributed by atoms with van der Waals surface area (Å²) in [5.74, 6) is -0.326. The van der Waals surface area contributed by atoms with E-state index in [1.165, 1.54) is 0 Å². The summed E-state index contributed by atoms with van der Waals surface area (Å²) in [6, 6.07) is 9.77. The van der Waals surface area contributed by atoms with Gasteiger partial charge in [-0.1, -0.05) is 18.2 Å². The molecule has 1 saturated carbocycles. The van der Waals surface area contributed by atoms with Crippen molar-refractivity contribution in [2.45, 2.75) is 25.2 Å². The van der Waals surface area contributed by atoms with Gasteiger partial charge in [0.25, 0.3) is 0 Å². The quantitative estimate of drug-likeness (QED) is 0.711. The molecule has 96 valence electrons. The van der Waals surface area contributed by atoms with Crippen molar-refractivity contribution in [3.8, 4) is 6.07 Å². The van der Waals surface area contributed by atoms with Crippen LogP contribution in [-0.4, -0.2) is 18.7 Å². The maximum absolute atomic E-state index is 12.6. The zero-order chi connectivity index (χ0) is 13.6. The molecule has 0 aromatic heterocycles. The van der Waals surface area contributed by atoms with Gasteiger partial charge < -0.3 is 4.90 Å². The predicted octanol–water partition coefficient (Wildman–Crippen LogP) is 2.01. The van der Waals surface area contributed by atoms with Crippen molar-refractivity contribution in [1.29, 1.82) is 5.26 Å². The van der Waals surface area contributed by atoms with Gasteiger partial charge in [-0.2, -0.15) is 5.26 Å². The Bertz CT molecular complexity index is 617. The first-order chi connectivity index (χ1) is 9.10. The SMILES string of the molecule is CN1C(=O)[C@@]2(C#N)CCC(=O)C[C@H]2c2ccccc21. The zero-order valence-electron chi connectivity index (χ0n) is 10.7. The lowest BCUT2D eigenvalue weighted by Crippen LogP contribution is -2.51. The lowest BCUT2D eigenvalue weighted by Gasteiger charge is -2.44. The standard InChI is InChI=1S/C15H14N2O2/c1-17-13-5-3-2-4-11(13)12-8-10(18)6-7-15(12,9-16)14(17)19/h2-5,12H,6-8H2,1H3/t12-,15+/m0/s1. The highest BCUT2D eigenvalue weighted by Gasteiger charge is 2.55. The third-order valence-electron chi connectivity index (χ3n) is 4.38. The first kappa shape index (κ1) is 11.9. The molecular formula is C15H14N2O2. The van der Waals surface area contributed by atoms with Gasteiger partial charge in [0.1, 0.15) is 11.2 Å². The molecule has 0 radical (unpaired) electrons. The number of nitrogens with zero attached hydrogens (tertiary/aromatic N) is 2. The van der Waals surface area contributed by atoms with Crippen LogP contribution in [0.5, 0.6) is 0 Å². The average Bonchev–Trinajstić information content (AvgIpc) is 2.45. The molecule has 4 heteroatoms. The lowest BCUT2D eigenvalue weighted by atomic mass is 9.61. The number of amides is 1. The Hall–Kier alpha value is -2.15. The number of carbonyl (C=O) groups excluding carboxylic acids is 2. The lowest BCUT2D eigenvalue weighted by molar-refractivity contribution is -0.132. The van der Waals surface area contributed by atoms with E-state index >= 15 is 0 Å². The summed E-state index contributed by atoms with van der Waals surface area (Å²) in [6.45, 7) is 0. The Labute approximate surface area is 111 Å². The molecule has 4 nitrogen and oxygen atoms in total. The Kier molecular flexibility index (Phi) is 2.46. The van der Waals surface area contributed by atoms with Crippen LogP contribution >= 0.6 is 0 Å². The summed E-state index contributed by atoms with van der Waals surface area (Å²) in [4.78, 5) is 25.9. The Balaban J connectivity index is 2.23. The maximum atomic E-state index is 12.6. The fourth-order valence-corrected chi connectivity index (χ4v) is 3.32. The van der Waals surface area contributed by atoms with E-state index in [0.29, 0.717) is 19.3 Å². The molecule has 2 atom stereocenters. The normalized spacial score (nSPS) is 29.5. The number of ketones is 1. The van der Waals surface area contributed by atoms with Gasteiger partial charge in [0.05, 0.1) is 6.07 Å². The summed E-state index contributed by atoms with van der Waals surface area (Å²) in [7, 11) is 1.70. The minimum atomic E-state index is -1.06. The van der Waals surface area contributed by atoms with Crippen LogP contribution in [0.4, 0.5) is 5.69 Å². The third-order valence-corrected chi connectivity index (χ3v) is 4.38. The van der Waals surface area contributed by atoms with Crippen LogP contribution in [-0.2, 0) is 9.59 Å². The fourth-order valence-electron chi connectivity index (χ4n) is 3.32. The predicted molar refractivity (Wildman–Crippen MR) is 69.5 cm³/mol. The molecule has 1 heterocycles. The van der Waals surface area contributed by atoms with E-state index in [2.05, 4.69) is 6.07 Å². The van der Waals surface area contributed by atoms with Gasteiger partial charge in [0, 0.05) is 31.5 Å². The number of hydrogen-bond acceptors (Lipinski definition) is 3. The molecule has 0 bridgehead atoms. The smallest absolute Gasteiger partial charge is 0.247 e. The van der Waals surface area contributed by atoms with E-state index < -0.39 is 5.41 Å². The summed E-state index contributed by atoms with van der Waals surface area (Å²) < 4.78 is 0. The van der Waals surface area contributed by atoms with Crippen LogP contribution in [0.3, 0.4) is 0 Å². The molecular weight excluding hydrogens is 240 g/mol. The molecule has 19 heavy (non-hydrogen) atoms. The number of benzene rings is 1. The molecule has 1 aliphatic heterocycles. The number of anilines is 1. The number of nitriles is 1. The first-order valence-electron chi connectivity index (χ1n) is 6.40. The van der Waals surface area contributed by atoms with Gasteiger partial charge in [0.2, 0.25) is 5.91 Å². The molecule has 0 unspecified atom stereocenters. The Morgan fingerprint density at radius 2 is 2.11 bits per heavy atom. The van der Waals surface area contributed by atoms with Gasteiger partial charge in [-0.05, 0) is 18.1 Å². The summed E-state index contributed by atoms with van der Waals surface area (Å²) in [5.41, 5.74) is 0.703. The number of para-hydroxylation sites is 1. The van der Waals surface area contributed by atoms with E-state index in [4.69, 9.17) is 0 Å². The van der Waals surface area contributed by atoms with E-state index in [-0.39, 0.29) is 17.6 Å². The van der Waals surface area contributed by atoms with Crippen molar-refractivity contribution in [2.24, 2.45) is 5.41 Å². The second-order valence-corrected chi connectivity index (χ2v) is 5.30. The zero-order valence-corrected chi connectivity index (χ0v) is 10.7. The van der Waals surface area contributed by atoms with Gasteiger partial charge >= 0.3 is 0 Å². The highest BCUT2D eigenvalue weighted by molar-refractivity contribution is 6.04. The molecule has 1 aromatic carbocycles. The van der Waals surface area contributed by atoms with Crippen LogP contribution in [0.25, 0.3) is 0 Å². The number of fused-ring (bicyclic) bond motifs is 3. The van der Waals surface area contributed by atoms with Crippen LogP contribution in [0, 0.1) is 16.7 Å². The van der Waals surface area contributed by atoms with Crippen molar-refractivity contribution < 1.29 is 9.59 Å². The average molecular weight is 254 g/mol. The highest BCUT2D eigenvalue weighted by atomic mass is 16.2. The van der Waals surface area contributed by atoms with Crippen molar-refractivity contribution in [3.05, 3.63) is 29.8 Å². The Morgan fingerprint density at radius 3 is 2.84 bits per heavy atom. The Morgan fingerprint density at radius 1 is 1.37 bits per heavy atom. The molecule has 3 rings (SSSR count). The molecule has 0 saturated heterocycles. The van der Waals surface area contributed by atoms with Crippen molar-refractivity contribution >= 4 is 17.4 Å². The summed E-state index contributed by atoms with van der Waals surface area (Å²) >= 11 is 0. The number of carbonyl (C=O) groups is 2. The molecule has 2 aliphatic rings. The van der Waals surface area contributed by atoms with E-state index in [1.807, 2.05) is 24.3 Å². The second kappa shape index (κ2) is 3.92. The largest absolute Gasteiger partial charge is 0.314 e. The van der Waals surface area contributed by atoms with Crippen molar-refractivity contribution in [2.75, 3.05) is 11.9 Å². The molecule has 1 aromatic rings. The number of hydrogen-bond donors (Lipinski definition) is 0. The van der Waals surface area contributed by atoms with Crippen LogP contribution in [0.2, 0.25) is 0 Å². The van der Waals surface area contributed by atoms with E-state index in [0.717, 1.165) is 11.3 Å². The highest BCUT2D eigenvalue weighted by Crippen LogP contribution is 2.52. The summed E-state index contributed by atoms with van der Waals surface area (Å²) in [6.07, 6.45) is 0.959. The topological polar surface area (TPSA) is 61.2 Å². The van der Waals surface area contributed by atoms with Gasteiger partial charge in [-0.25, -0.2) is 0 Å². The molecule has 0 spiro atoms. The second-order valence-electron chi connectivity index (χ2n) is 5.30. The monoisotopic (exact) mass is 254 g/mol. The molecule has 1 fully saturated rings. The van der Waals surface area contributed by atoms with Crippen molar-refractivity contribution in [3.63, 3.8) is 0 Å². The fraction of sp³-hybridized carbons (Fsp3) is 0.400. The third kappa shape index (κ3) is 1.45. The summed E-state index contributed by atoms with van der Waals surface area (Å²) in [5, 5.41) is 9.57. The van der Waals surface area contributed by atoms with Gasteiger partial charge in [-0.3, -0.25) is 9.59 Å². The van der Waals surface area contributed by atoms with Crippen LogP contribution in [0.1, 0.15) is 30.7 Å². The minimum Gasteiger partial charge on any atom is -0.314 e. The minimum absolute atomic E-state index is 0.142. The number of Topliss-reactive ketones (excluding diaryl/α,β-unsaturated/α-hetero) is 1. The molecule has 0 N–H and O–H groups in total. The molecule has 1 amide bonds. The maximum Gasteiger partial charge on any atom is 0.247 e. The van der Waals surface area contributed by atoms with E-state index in [1.54, 1.807) is 11.9 Å². The number of rotatable bonds is 0. The van der Waals surface area contributed by atoms with Gasteiger partial charge in [-0.15, -0.1) is 0 Å². The van der Waals surface area contributed by atoms with Gasteiger partial charge in [0.15, 0.2) is 0 Å². The first-order valence-corrected chi connectivity index (χ1v) is 6.40. The van der Waals surface area contributed by atoms with Crippen molar-refractivity contribution in [1.82, 2.24) is 0 Å². The van der Waals surface area contributed by atoms with Crippen LogP contribution < -0.4 is 4.90 Å². The van der Waals surface area contributed by atoms with E-state index in [9.17, 15) is 14.9 Å². The van der Waals surface area contributed by atoms with Crippen LogP contribution in [0.15, 0.2) is 24.3 Å². The molecule has 1 aliphatic carbocycles.